The quantitative estimate of drug-likeness (QED) is 0.860. The second-order valence-electron chi connectivity index (χ2n) is 7.17. The molecule has 112 valence electrons. The predicted octanol–water partition coefficient (Wildman–Crippen LogP) is 3.71. The molecule has 21 heavy (non-hydrogen) atoms. The van der Waals surface area contributed by atoms with Crippen molar-refractivity contribution in [3.63, 3.8) is 0 Å². The number of benzene rings is 1. The summed E-state index contributed by atoms with van der Waals surface area (Å²) in [5.74, 6) is 3.47. The van der Waals surface area contributed by atoms with E-state index < -0.39 is 0 Å². The van der Waals surface area contributed by atoms with Crippen LogP contribution >= 0.6 is 0 Å². The Hall–Kier alpha value is -1.51. The lowest BCUT2D eigenvalue weighted by Crippen LogP contribution is -2.51. The van der Waals surface area contributed by atoms with Crippen molar-refractivity contribution in [2.24, 2.45) is 23.7 Å². The Morgan fingerprint density at radius 1 is 1.00 bits per heavy atom. The molecule has 0 unspecified atom stereocenters. The summed E-state index contributed by atoms with van der Waals surface area (Å²) in [6, 6.07) is 8.37. The average Bonchev–Trinajstić information content (AvgIpc) is 2.50. The van der Waals surface area contributed by atoms with Crippen LogP contribution in [0.5, 0.6) is 0 Å². The smallest absolute Gasteiger partial charge is 0.337 e. The summed E-state index contributed by atoms with van der Waals surface area (Å²) in [4.78, 5) is 11.5. The summed E-state index contributed by atoms with van der Waals surface area (Å²) < 4.78 is 4.74. The van der Waals surface area contributed by atoms with Gasteiger partial charge in [0.15, 0.2) is 0 Å². The zero-order chi connectivity index (χ0) is 14.4. The maximum atomic E-state index is 11.5. The van der Waals surface area contributed by atoms with Gasteiger partial charge in [-0.3, -0.25) is 0 Å². The van der Waals surface area contributed by atoms with E-state index in [-0.39, 0.29) is 5.97 Å². The minimum atomic E-state index is -0.267. The highest BCUT2D eigenvalue weighted by molar-refractivity contribution is 5.89. The van der Waals surface area contributed by atoms with Crippen LogP contribution in [-0.2, 0) is 4.74 Å². The molecule has 0 amide bonds. The van der Waals surface area contributed by atoms with Gasteiger partial charge in [0, 0.05) is 11.7 Å². The van der Waals surface area contributed by atoms with Crippen LogP contribution in [-0.4, -0.2) is 19.1 Å². The van der Waals surface area contributed by atoms with E-state index in [9.17, 15) is 4.79 Å². The van der Waals surface area contributed by atoms with Crippen molar-refractivity contribution in [1.29, 1.82) is 0 Å². The number of esters is 1. The van der Waals surface area contributed by atoms with Crippen LogP contribution in [0.4, 0.5) is 5.69 Å². The third-order valence-corrected chi connectivity index (χ3v) is 5.87. The molecule has 4 fully saturated rings. The van der Waals surface area contributed by atoms with Crippen LogP contribution in [0.3, 0.4) is 0 Å². The Kier molecular flexibility index (Phi) is 3.16. The highest BCUT2D eigenvalue weighted by Gasteiger charge is 2.48. The Bertz CT molecular complexity index is 509. The normalized spacial score (nSPS) is 36.5. The predicted molar refractivity (Wildman–Crippen MR) is 82.2 cm³/mol. The summed E-state index contributed by atoms with van der Waals surface area (Å²) in [7, 11) is 1.42. The molecule has 3 nitrogen and oxygen atoms in total. The van der Waals surface area contributed by atoms with E-state index in [1.807, 2.05) is 24.3 Å². The van der Waals surface area contributed by atoms with Gasteiger partial charge in [0.05, 0.1) is 12.7 Å². The molecule has 0 spiro atoms. The number of rotatable bonds is 3. The molecule has 1 aromatic rings. The molecule has 3 heteroatoms. The summed E-state index contributed by atoms with van der Waals surface area (Å²) >= 11 is 0. The number of hydrogen-bond donors (Lipinski definition) is 1. The van der Waals surface area contributed by atoms with E-state index in [4.69, 9.17) is 4.74 Å². The Morgan fingerprint density at radius 3 is 2.10 bits per heavy atom. The van der Waals surface area contributed by atoms with E-state index >= 15 is 0 Å². The van der Waals surface area contributed by atoms with Gasteiger partial charge in [-0.15, -0.1) is 0 Å². The number of carbonyl (C=O) groups excluding carboxylic acids is 1. The van der Waals surface area contributed by atoms with E-state index in [0.717, 1.165) is 29.4 Å². The lowest BCUT2D eigenvalue weighted by Gasteiger charge is -2.54. The Balaban J connectivity index is 1.47. The molecule has 0 atom stereocenters. The first-order valence-electron chi connectivity index (χ1n) is 8.18. The fourth-order valence-corrected chi connectivity index (χ4v) is 5.17. The second-order valence-corrected chi connectivity index (χ2v) is 7.17. The largest absolute Gasteiger partial charge is 0.465 e. The minimum absolute atomic E-state index is 0.267. The number of anilines is 1. The molecule has 0 aliphatic heterocycles. The topological polar surface area (TPSA) is 38.3 Å². The van der Waals surface area contributed by atoms with Crippen LogP contribution in [0.1, 0.15) is 42.5 Å². The molecule has 0 radical (unpaired) electrons. The zero-order valence-corrected chi connectivity index (χ0v) is 12.5. The van der Waals surface area contributed by atoms with Gasteiger partial charge in [-0.1, -0.05) is 0 Å². The molecule has 4 saturated carbocycles. The number of carbonyl (C=O) groups is 1. The van der Waals surface area contributed by atoms with Crippen molar-refractivity contribution in [3.8, 4) is 0 Å². The number of nitrogens with one attached hydrogen (secondary N) is 1. The van der Waals surface area contributed by atoms with E-state index in [0.29, 0.717) is 11.6 Å². The minimum Gasteiger partial charge on any atom is -0.465 e. The van der Waals surface area contributed by atoms with Gasteiger partial charge in [-0.25, -0.2) is 4.79 Å². The summed E-state index contributed by atoms with van der Waals surface area (Å²) in [6.45, 7) is 0. The van der Waals surface area contributed by atoms with E-state index in [1.54, 1.807) is 0 Å². The number of ether oxygens (including phenoxy) is 1. The molecule has 0 heterocycles. The van der Waals surface area contributed by atoms with Gasteiger partial charge >= 0.3 is 5.97 Å². The summed E-state index contributed by atoms with van der Waals surface area (Å²) in [5.41, 5.74) is 1.76. The first kappa shape index (κ1) is 13.2. The molecule has 0 saturated heterocycles. The van der Waals surface area contributed by atoms with Gasteiger partial charge < -0.3 is 10.1 Å². The molecule has 5 rings (SSSR count). The fourth-order valence-electron chi connectivity index (χ4n) is 5.17. The van der Waals surface area contributed by atoms with E-state index in [2.05, 4.69) is 5.32 Å². The van der Waals surface area contributed by atoms with Crippen LogP contribution in [0.25, 0.3) is 0 Å². The van der Waals surface area contributed by atoms with Crippen LogP contribution in [0.2, 0.25) is 0 Å². The van der Waals surface area contributed by atoms with Gasteiger partial charge in [0.1, 0.15) is 0 Å². The standard InChI is InChI=1S/C18H23NO2/c1-21-18(20)13-2-4-16(5-3-13)19-17-14-7-11-6-12(9-14)10-15(17)8-11/h2-5,11-12,14-15,17,19H,6-10H2,1H3. The summed E-state index contributed by atoms with van der Waals surface area (Å²) in [6.07, 6.45) is 7.18. The Morgan fingerprint density at radius 2 is 1.57 bits per heavy atom. The first-order chi connectivity index (χ1) is 10.2. The van der Waals surface area contributed by atoms with Crippen molar-refractivity contribution in [1.82, 2.24) is 0 Å². The fraction of sp³-hybridized carbons (Fsp3) is 0.611. The molecule has 4 aliphatic carbocycles. The third-order valence-electron chi connectivity index (χ3n) is 5.87. The molecular weight excluding hydrogens is 262 g/mol. The number of methoxy groups -OCH3 is 1. The van der Waals surface area contributed by atoms with Crippen molar-refractivity contribution in [2.45, 2.75) is 38.1 Å². The maximum Gasteiger partial charge on any atom is 0.337 e. The second kappa shape index (κ2) is 5.04. The zero-order valence-electron chi connectivity index (χ0n) is 12.5. The van der Waals surface area contributed by atoms with E-state index in [1.165, 1.54) is 39.2 Å². The van der Waals surface area contributed by atoms with Gasteiger partial charge in [0.2, 0.25) is 0 Å². The SMILES string of the molecule is COC(=O)c1ccc(NC2C3CC4CC(C3)CC2C4)cc1. The third kappa shape index (κ3) is 2.33. The molecule has 1 N–H and O–H groups in total. The van der Waals surface area contributed by atoms with Crippen LogP contribution in [0, 0.1) is 23.7 Å². The average molecular weight is 285 g/mol. The van der Waals surface area contributed by atoms with Crippen molar-refractivity contribution in [2.75, 3.05) is 12.4 Å². The highest BCUT2D eigenvalue weighted by Crippen LogP contribution is 2.54. The molecule has 0 aromatic heterocycles. The van der Waals surface area contributed by atoms with Gasteiger partial charge in [0.25, 0.3) is 0 Å². The summed E-state index contributed by atoms with van der Waals surface area (Å²) in [5, 5.41) is 3.76. The first-order valence-corrected chi connectivity index (χ1v) is 8.18. The lowest BCUT2D eigenvalue weighted by molar-refractivity contribution is 0.00754. The highest BCUT2D eigenvalue weighted by atomic mass is 16.5. The molecule has 4 aliphatic rings. The Labute approximate surface area is 126 Å². The van der Waals surface area contributed by atoms with Crippen molar-refractivity contribution >= 4 is 11.7 Å². The van der Waals surface area contributed by atoms with Gasteiger partial charge in [-0.2, -0.15) is 0 Å². The monoisotopic (exact) mass is 285 g/mol. The molecule has 1 aromatic carbocycles. The van der Waals surface area contributed by atoms with Crippen LogP contribution in [0.15, 0.2) is 24.3 Å². The van der Waals surface area contributed by atoms with Crippen LogP contribution < -0.4 is 5.32 Å². The number of hydrogen-bond acceptors (Lipinski definition) is 3. The molecule has 4 bridgehead atoms. The molecular formula is C18H23NO2. The van der Waals surface area contributed by atoms with Crippen molar-refractivity contribution < 1.29 is 9.53 Å². The van der Waals surface area contributed by atoms with Crippen molar-refractivity contribution in [3.05, 3.63) is 29.8 Å². The maximum absolute atomic E-state index is 11.5. The van der Waals surface area contributed by atoms with Gasteiger partial charge in [-0.05, 0) is 80.0 Å². The lowest BCUT2D eigenvalue weighted by atomic mass is 9.54.